The number of carbonyl (C=O) groups is 2. The zero-order valence-corrected chi connectivity index (χ0v) is 13.1. The van der Waals surface area contributed by atoms with Crippen LogP contribution < -0.4 is 4.74 Å². The minimum atomic E-state index is -0.480. The fourth-order valence-electron chi connectivity index (χ4n) is 1.67. The van der Waals surface area contributed by atoms with Gasteiger partial charge in [-0.1, -0.05) is 12.1 Å². The summed E-state index contributed by atoms with van der Waals surface area (Å²) >= 11 is 1.52. The van der Waals surface area contributed by atoms with Crippen LogP contribution in [0.25, 0.3) is 6.08 Å². The van der Waals surface area contributed by atoms with Crippen molar-refractivity contribution in [2.45, 2.75) is 13.3 Å². The molecule has 114 valence electrons. The first-order chi connectivity index (χ1) is 10.6. The molecule has 0 radical (unpaired) electrons. The molecular weight excluding hydrogens is 302 g/mol. The Bertz CT molecular complexity index is 688. The molecule has 0 fully saturated rings. The number of esters is 2. The summed E-state index contributed by atoms with van der Waals surface area (Å²) in [5.74, 6) is -0.379. The summed E-state index contributed by atoms with van der Waals surface area (Å²) in [6.07, 6.45) is 3.13. The molecular formula is C16H15NO4S. The summed E-state index contributed by atoms with van der Waals surface area (Å²) in [6.45, 7) is 1.90. The zero-order valence-electron chi connectivity index (χ0n) is 12.2. The largest absolute Gasteiger partial charge is 0.469 e. The molecule has 0 amide bonds. The van der Waals surface area contributed by atoms with Gasteiger partial charge in [0.1, 0.15) is 5.75 Å². The maximum Gasteiger partial charge on any atom is 0.336 e. The first kappa shape index (κ1) is 15.9. The molecule has 0 N–H and O–H groups in total. The lowest BCUT2D eigenvalue weighted by molar-refractivity contribution is -0.139. The number of aryl methyl sites for hydroxylation is 1. The van der Waals surface area contributed by atoms with Crippen molar-refractivity contribution in [2.75, 3.05) is 7.11 Å². The second-order valence-electron chi connectivity index (χ2n) is 4.44. The van der Waals surface area contributed by atoms with Crippen molar-refractivity contribution in [3.05, 3.63) is 52.0 Å². The van der Waals surface area contributed by atoms with E-state index in [0.717, 1.165) is 16.3 Å². The molecule has 0 saturated heterocycles. The molecule has 0 bridgehead atoms. The van der Waals surface area contributed by atoms with Crippen LogP contribution >= 0.6 is 11.3 Å². The SMILES string of the molecule is COC(=O)Cc1ccc(OC(=O)/C=C/c2csc(C)n2)cc1. The van der Waals surface area contributed by atoms with Gasteiger partial charge < -0.3 is 9.47 Å². The van der Waals surface area contributed by atoms with E-state index in [-0.39, 0.29) is 12.4 Å². The number of rotatable bonds is 5. The Labute approximate surface area is 132 Å². The fourth-order valence-corrected chi connectivity index (χ4v) is 2.26. The van der Waals surface area contributed by atoms with Crippen molar-refractivity contribution >= 4 is 29.4 Å². The van der Waals surface area contributed by atoms with E-state index in [1.165, 1.54) is 24.5 Å². The highest BCUT2D eigenvalue weighted by molar-refractivity contribution is 7.09. The topological polar surface area (TPSA) is 65.5 Å². The van der Waals surface area contributed by atoms with E-state index in [9.17, 15) is 9.59 Å². The van der Waals surface area contributed by atoms with Gasteiger partial charge >= 0.3 is 11.9 Å². The average Bonchev–Trinajstić information content (AvgIpc) is 2.92. The molecule has 0 aliphatic carbocycles. The van der Waals surface area contributed by atoms with E-state index in [0.29, 0.717) is 5.75 Å². The quantitative estimate of drug-likeness (QED) is 0.482. The second kappa shape index (κ2) is 7.51. The molecule has 2 aromatic rings. The van der Waals surface area contributed by atoms with E-state index < -0.39 is 5.97 Å². The van der Waals surface area contributed by atoms with Gasteiger partial charge in [0.2, 0.25) is 0 Å². The molecule has 1 aromatic heterocycles. The smallest absolute Gasteiger partial charge is 0.336 e. The van der Waals surface area contributed by atoms with Crippen molar-refractivity contribution in [1.29, 1.82) is 0 Å². The highest BCUT2D eigenvalue weighted by atomic mass is 32.1. The van der Waals surface area contributed by atoms with Gasteiger partial charge in [0.25, 0.3) is 0 Å². The first-order valence-electron chi connectivity index (χ1n) is 6.54. The van der Waals surface area contributed by atoms with Crippen LogP contribution in [0.4, 0.5) is 0 Å². The summed E-state index contributed by atoms with van der Waals surface area (Å²) in [7, 11) is 1.34. The zero-order chi connectivity index (χ0) is 15.9. The predicted octanol–water partition coefficient (Wildman–Crippen LogP) is 2.79. The Kier molecular flexibility index (Phi) is 5.43. The standard InChI is InChI=1S/C16H15NO4S/c1-11-17-13(10-22-11)5-8-15(18)21-14-6-3-12(4-7-14)9-16(19)20-2/h3-8,10H,9H2,1-2H3/b8-5+. The molecule has 0 spiro atoms. The van der Waals surface area contributed by atoms with Crippen LogP contribution in [-0.4, -0.2) is 24.0 Å². The Morgan fingerprint density at radius 2 is 2.00 bits per heavy atom. The maximum absolute atomic E-state index is 11.7. The van der Waals surface area contributed by atoms with Crippen LogP contribution in [0.5, 0.6) is 5.75 Å². The molecule has 2 rings (SSSR count). The van der Waals surface area contributed by atoms with Gasteiger partial charge in [-0.3, -0.25) is 4.79 Å². The number of hydrogen-bond acceptors (Lipinski definition) is 6. The van der Waals surface area contributed by atoms with Crippen LogP contribution in [0, 0.1) is 6.92 Å². The third kappa shape index (κ3) is 4.82. The Morgan fingerprint density at radius 1 is 1.27 bits per heavy atom. The first-order valence-corrected chi connectivity index (χ1v) is 7.42. The van der Waals surface area contributed by atoms with Gasteiger partial charge in [-0.25, -0.2) is 9.78 Å². The number of carbonyl (C=O) groups excluding carboxylic acids is 2. The summed E-state index contributed by atoms with van der Waals surface area (Å²) < 4.78 is 9.75. The molecule has 5 nitrogen and oxygen atoms in total. The van der Waals surface area contributed by atoms with Gasteiger partial charge in [0, 0.05) is 11.5 Å². The molecule has 1 aromatic carbocycles. The minimum Gasteiger partial charge on any atom is -0.469 e. The van der Waals surface area contributed by atoms with Gasteiger partial charge in [-0.2, -0.15) is 0 Å². The Balaban J connectivity index is 1.91. The Morgan fingerprint density at radius 3 is 2.59 bits per heavy atom. The highest BCUT2D eigenvalue weighted by Gasteiger charge is 2.05. The van der Waals surface area contributed by atoms with Gasteiger partial charge in [-0.15, -0.1) is 11.3 Å². The van der Waals surface area contributed by atoms with Gasteiger partial charge in [-0.05, 0) is 30.7 Å². The van der Waals surface area contributed by atoms with Crippen LogP contribution in [0.15, 0.2) is 35.7 Å². The summed E-state index contributed by atoms with van der Waals surface area (Å²) in [5.41, 5.74) is 1.52. The lowest BCUT2D eigenvalue weighted by atomic mass is 10.1. The Hall–Kier alpha value is -2.47. The maximum atomic E-state index is 11.7. The number of thiazole rings is 1. The minimum absolute atomic E-state index is 0.188. The molecule has 0 aliphatic rings. The van der Waals surface area contributed by atoms with Crippen LogP contribution in [-0.2, 0) is 20.7 Å². The number of benzene rings is 1. The third-order valence-electron chi connectivity index (χ3n) is 2.74. The van der Waals surface area contributed by atoms with Crippen molar-refractivity contribution in [3.63, 3.8) is 0 Å². The van der Waals surface area contributed by atoms with E-state index in [4.69, 9.17) is 4.74 Å². The van der Waals surface area contributed by atoms with Crippen molar-refractivity contribution in [3.8, 4) is 5.75 Å². The molecule has 6 heteroatoms. The number of methoxy groups -OCH3 is 1. The molecule has 0 unspecified atom stereocenters. The third-order valence-corrected chi connectivity index (χ3v) is 3.54. The normalized spacial score (nSPS) is 10.6. The highest BCUT2D eigenvalue weighted by Crippen LogP contribution is 2.14. The predicted molar refractivity (Wildman–Crippen MR) is 83.7 cm³/mol. The van der Waals surface area contributed by atoms with E-state index in [1.54, 1.807) is 30.3 Å². The van der Waals surface area contributed by atoms with Crippen LogP contribution in [0.3, 0.4) is 0 Å². The summed E-state index contributed by atoms with van der Waals surface area (Å²) in [5, 5.41) is 2.80. The number of nitrogens with zero attached hydrogens (tertiary/aromatic N) is 1. The molecule has 0 aliphatic heterocycles. The number of aromatic nitrogens is 1. The molecule has 0 saturated carbocycles. The molecule has 0 atom stereocenters. The summed E-state index contributed by atoms with van der Waals surface area (Å²) in [6, 6.07) is 6.70. The van der Waals surface area contributed by atoms with E-state index in [2.05, 4.69) is 9.72 Å². The number of ether oxygens (including phenoxy) is 2. The van der Waals surface area contributed by atoms with Crippen molar-refractivity contribution in [1.82, 2.24) is 4.98 Å². The lowest BCUT2D eigenvalue weighted by Crippen LogP contribution is -2.05. The van der Waals surface area contributed by atoms with Crippen molar-refractivity contribution in [2.24, 2.45) is 0 Å². The number of hydrogen-bond donors (Lipinski definition) is 0. The molecule has 1 heterocycles. The molecule has 22 heavy (non-hydrogen) atoms. The monoisotopic (exact) mass is 317 g/mol. The van der Waals surface area contributed by atoms with Gasteiger partial charge in [0.05, 0.1) is 24.2 Å². The average molecular weight is 317 g/mol. The second-order valence-corrected chi connectivity index (χ2v) is 5.50. The van der Waals surface area contributed by atoms with Crippen LogP contribution in [0.1, 0.15) is 16.3 Å². The van der Waals surface area contributed by atoms with Gasteiger partial charge in [0.15, 0.2) is 0 Å². The van der Waals surface area contributed by atoms with Crippen molar-refractivity contribution < 1.29 is 19.1 Å². The lowest BCUT2D eigenvalue weighted by Gasteiger charge is -2.03. The van der Waals surface area contributed by atoms with E-state index >= 15 is 0 Å². The van der Waals surface area contributed by atoms with Crippen LogP contribution in [0.2, 0.25) is 0 Å². The fraction of sp³-hybridized carbons (Fsp3) is 0.188. The van der Waals surface area contributed by atoms with E-state index in [1.807, 2.05) is 12.3 Å². The summed E-state index contributed by atoms with van der Waals surface area (Å²) in [4.78, 5) is 27.1.